The molecule has 9 aromatic carbocycles. The fourth-order valence-corrected chi connectivity index (χ4v) is 9.05. The molecule has 1 aromatic heterocycles. The summed E-state index contributed by atoms with van der Waals surface area (Å²) in [6.45, 7) is 0. The molecule has 258 valence electrons. The van der Waals surface area contributed by atoms with Gasteiger partial charge in [0.15, 0.2) is 0 Å². The van der Waals surface area contributed by atoms with E-state index in [1.165, 1.54) is 99.0 Å². The largest absolute Gasteiger partial charge is 0.315 e. The van der Waals surface area contributed by atoms with Crippen LogP contribution in [-0.2, 0) is 0 Å². The van der Waals surface area contributed by atoms with Crippen LogP contribution >= 0.6 is 0 Å². The van der Waals surface area contributed by atoms with Gasteiger partial charge in [0.1, 0.15) is 0 Å². The summed E-state index contributed by atoms with van der Waals surface area (Å²) >= 11 is 0. The van der Waals surface area contributed by atoms with Crippen LogP contribution in [0.5, 0.6) is 0 Å². The van der Waals surface area contributed by atoms with E-state index in [4.69, 9.17) is 0 Å². The number of aromatic nitrogens is 1. The van der Waals surface area contributed by atoms with E-state index in [-0.39, 0.29) is 5.92 Å². The summed E-state index contributed by atoms with van der Waals surface area (Å²) in [5, 5.41) is 8.89. The molecule has 1 aliphatic carbocycles. The van der Waals surface area contributed by atoms with Gasteiger partial charge in [0.05, 0.1) is 11.2 Å². The van der Waals surface area contributed by atoms with Crippen molar-refractivity contribution in [3.8, 4) is 27.9 Å². The molecule has 11 rings (SSSR count). The average molecular weight is 700 g/mol. The van der Waals surface area contributed by atoms with E-state index in [1.807, 2.05) is 0 Å². The van der Waals surface area contributed by atoms with Gasteiger partial charge in [-0.3, -0.25) is 0 Å². The van der Waals surface area contributed by atoms with Gasteiger partial charge in [-0.25, -0.2) is 0 Å². The van der Waals surface area contributed by atoms with Crippen molar-refractivity contribution in [3.05, 3.63) is 223 Å². The van der Waals surface area contributed by atoms with Crippen molar-refractivity contribution >= 4 is 54.9 Å². The van der Waals surface area contributed by atoms with Gasteiger partial charge in [-0.1, -0.05) is 176 Å². The van der Waals surface area contributed by atoms with E-state index in [0.717, 1.165) is 6.42 Å². The molecular formula is C54H37N. The van der Waals surface area contributed by atoms with Crippen LogP contribution in [0.15, 0.2) is 200 Å². The Morgan fingerprint density at radius 2 is 1.09 bits per heavy atom. The Labute approximate surface area is 321 Å². The molecule has 0 saturated heterocycles. The standard InChI is InChI=1S/C54H37N/c1-2-13-39(14-3-1)52-35-55(53-23-11-19-38-16-7-9-21-48(38)53)54-29-28-42(33-51(52)54)41-25-27-44-31-45(47-22-10-18-37-15-6-8-20-46(37)47)34-50(49(44)32-41)43-26-24-36-12-4-5-17-40(36)30-43/h1-33,35,50H,34H2. The highest BCUT2D eigenvalue weighted by atomic mass is 15.0. The summed E-state index contributed by atoms with van der Waals surface area (Å²) in [7, 11) is 0. The Morgan fingerprint density at radius 3 is 1.95 bits per heavy atom. The first kappa shape index (κ1) is 31.6. The van der Waals surface area contributed by atoms with Crippen LogP contribution in [0.3, 0.4) is 0 Å². The van der Waals surface area contributed by atoms with Gasteiger partial charge in [-0.15, -0.1) is 0 Å². The SMILES string of the molecule is C1=C(c2cccc3ccccc23)CC(c2ccc3ccccc3c2)c2cc(-c3ccc4c(c3)c(-c3ccccc3)cn4-c3cccc4ccccc34)ccc21. The van der Waals surface area contributed by atoms with Crippen molar-refractivity contribution in [1.29, 1.82) is 0 Å². The third kappa shape index (κ3) is 5.39. The van der Waals surface area contributed by atoms with Crippen molar-refractivity contribution in [1.82, 2.24) is 4.57 Å². The molecule has 1 aliphatic rings. The molecule has 0 N–H and O–H groups in total. The monoisotopic (exact) mass is 699 g/mol. The molecule has 1 heterocycles. The summed E-state index contributed by atoms with van der Waals surface area (Å²) in [5.41, 5.74) is 14.1. The molecule has 0 aliphatic heterocycles. The number of hydrogen-bond donors (Lipinski definition) is 0. The topological polar surface area (TPSA) is 4.93 Å². The first-order valence-corrected chi connectivity index (χ1v) is 19.3. The van der Waals surface area contributed by atoms with E-state index in [2.05, 4.69) is 211 Å². The first-order valence-electron chi connectivity index (χ1n) is 19.3. The van der Waals surface area contributed by atoms with Crippen molar-refractivity contribution in [2.75, 3.05) is 0 Å². The van der Waals surface area contributed by atoms with Crippen molar-refractivity contribution in [2.24, 2.45) is 0 Å². The minimum atomic E-state index is 0.217. The summed E-state index contributed by atoms with van der Waals surface area (Å²) in [4.78, 5) is 0. The molecule has 10 aromatic rings. The number of benzene rings is 9. The van der Waals surface area contributed by atoms with E-state index >= 15 is 0 Å². The minimum Gasteiger partial charge on any atom is -0.315 e. The van der Waals surface area contributed by atoms with Crippen LogP contribution < -0.4 is 0 Å². The fourth-order valence-electron chi connectivity index (χ4n) is 9.05. The zero-order chi connectivity index (χ0) is 36.3. The highest BCUT2D eigenvalue weighted by Gasteiger charge is 2.26. The Bertz CT molecular complexity index is 3110. The maximum atomic E-state index is 2.47. The lowest BCUT2D eigenvalue weighted by Gasteiger charge is -2.28. The predicted molar refractivity (Wildman–Crippen MR) is 234 cm³/mol. The third-order valence-corrected chi connectivity index (χ3v) is 11.8. The van der Waals surface area contributed by atoms with Crippen LogP contribution in [0.25, 0.3) is 82.8 Å². The molecule has 1 heteroatoms. The van der Waals surface area contributed by atoms with Gasteiger partial charge in [0.2, 0.25) is 0 Å². The number of rotatable bonds is 5. The highest BCUT2D eigenvalue weighted by Crippen LogP contribution is 2.46. The van der Waals surface area contributed by atoms with Crippen LogP contribution in [0.4, 0.5) is 0 Å². The molecule has 0 radical (unpaired) electrons. The van der Waals surface area contributed by atoms with Crippen LogP contribution in [0, 0.1) is 0 Å². The molecule has 1 atom stereocenters. The minimum absolute atomic E-state index is 0.217. The number of nitrogens with zero attached hydrogens (tertiary/aromatic N) is 1. The molecule has 0 saturated carbocycles. The number of hydrogen-bond acceptors (Lipinski definition) is 0. The number of allylic oxidation sites excluding steroid dienone is 1. The lowest BCUT2D eigenvalue weighted by Crippen LogP contribution is -2.09. The highest BCUT2D eigenvalue weighted by molar-refractivity contribution is 6.02. The average Bonchev–Trinajstić information content (AvgIpc) is 3.64. The second-order valence-corrected chi connectivity index (χ2v) is 14.9. The van der Waals surface area contributed by atoms with E-state index in [9.17, 15) is 0 Å². The lowest BCUT2D eigenvalue weighted by molar-refractivity contribution is 0.834. The van der Waals surface area contributed by atoms with Crippen molar-refractivity contribution in [2.45, 2.75) is 12.3 Å². The normalized spacial score (nSPS) is 14.0. The molecule has 1 unspecified atom stereocenters. The maximum absolute atomic E-state index is 2.47. The summed E-state index contributed by atoms with van der Waals surface area (Å²) < 4.78 is 2.38. The molecule has 0 fully saturated rings. The second-order valence-electron chi connectivity index (χ2n) is 14.9. The summed E-state index contributed by atoms with van der Waals surface area (Å²) in [5.74, 6) is 0.217. The maximum Gasteiger partial charge on any atom is 0.0535 e. The molecule has 0 amide bonds. The van der Waals surface area contributed by atoms with Gasteiger partial charge in [0, 0.05) is 28.5 Å². The Balaban J connectivity index is 1.09. The Kier molecular flexibility index (Phi) is 7.38. The zero-order valence-electron chi connectivity index (χ0n) is 30.4. The molecule has 55 heavy (non-hydrogen) atoms. The predicted octanol–water partition coefficient (Wildman–Crippen LogP) is 14.5. The van der Waals surface area contributed by atoms with Gasteiger partial charge >= 0.3 is 0 Å². The Hall–Kier alpha value is -6.96. The van der Waals surface area contributed by atoms with Gasteiger partial charge < -0.3 is 4.57 Å². The van der Waals surface area contributed by atoms with Crippen LogP contribution in [0.2, 0.25) is 0 Å². The van der Waals surface area contributed by atoms with Crippen LogP contribution in [-0.4, -0.2) is 4.57 Å². The van der Waals surface area contributed by atoms with Crippen molar-refractivity contribution < 1.29 is 0 Å². The summed E-state index contributed by atoms with van der Waals surface area (Å²) in [6, 6.07) is 71.6. The zero-order valence-corrected chi connectivity index (χ0v) is 30.4. The second kappa shape index (κ2) is 12.9. The Morgan fingerprint density at radius 1 is 0.418 bits per heavy atom. The molecule has 1 nitrogen and oxygen atoms in total. The molecule has 0 spiro atoms. The number of fused-ring (bicyclic) bond motifs is 5. The first-order chi connectivity index (χ1) is 27.2. The van der Waals surface area contributed by atoms with Crippen LogP contribution in [0.1, 0.15) is 34.6 Å². The van der Waals surface area contributed by atoms with E-state index in [0.29, 0.717) is 0 Å². The van der Waals surface area contributed by atoms with Gasteiger partial charge in [0.25, 0.3) is 0 Å². The molecular weight excluding hydrogens is 663 g/mol. The smallest absolute Gasteiger partial charge is 0.0535 e. The van der Waals surface area contributed by atoms with Crippen molar-refractivity contribution in [3.63, 3.8) is 0 Å². The quantitative estimate of drug-likeness (QED) is 0.169. The van der Waals surface area contributed by atoms with Gasteiger partial charge in [-0.05, 0) is 102 Å². The molecule has 0 bridgehead atoms. The third-order valence-electron chi connectivity index (χ3n) is 11.8. The van der Waals surface area contributed by atoms with E-state index < -0.39 is 0 Å². The van der Waals surface area contributed by atoms with Gasteiger partial charge in [-0.2, -0.15) is 0 Å². The lowest BCUT2D eigenvalue weighted by atomic mass is 9.76. The fraction of sp³-hybridized carbons (Fsp3) is 0.0370. The van der Waals surface area contributed by atoms with E-state index in [1.54, 1.807) is 0 Å². The summed E-state index contributed by atoms with van der Waals surface area (Å²) in [6.07, 6.45) is 5.71.